The van der Waals surface area contributed by atoms with Gasteiger partial charge in [0.15, 0.2) is 0 Å². The summed E-state index contributed by atoms with van der Waals surface area (Å²) in [7, 11) is 2.09. The van der Waals surface area contributed by atoms with Crippen LogP contribution in [-0.2, 0) is 0 Å². The van der Waals surface area contributed by atoms with Crippen molar-refractivity contribution in [1.29, 1.82) is 0 Å². The van der Waals surface area contributed by atoms with E-state index in [4.69, 9.17) is 11.6 Å². The number of rotatable bonds is 1. The minimum absolute atomic E-state index is 0.413. The first-order chi connectivity index (χ1) is 7.18. The largest absolute Gasteiger partial charge is 0.420 e. The van der Waals surface area contributed by atoms with Crippen molar-refractivity contribution in [3.8, 4) is 0 Å². The maximum absolute atomic E-state index is 5.87. The van der Waals surface area contributed by atoms with E-state index in [9.17, 15) is 0 Å². The molecule has 0 N–H and O–H groups in total. The van der Waals surface area contributed by atoms with Gasteiger partial charge in [0, 0.05) is 5.02 Å². The van der Waals surface area contributed by atoms with E-state index in [1.807, 2.05) is 12.1 Å². The number of nitrogens with zero attached hydrogens (tertiary/aromatic N) is 1. The first-order valence-electron chi connectivity index (χ1n) is 5.05. The van der Waals surface area contributed by atoms with Crippen molar-refractivity contribution >= 4 is 23.9 Å². The van der Waals surface area contributed by atoms with Crippen LogP contribution >= 0.6 is 11.6 Å². The van der Waals surface area contributed by atoms with Crippen molar-refractivity contribution in [2.45, 2.75) is 6.82 Å². The first-order valence-corrected chi connectivity index (χ1v) is 5.42. The zero-order chi connectivity index (χ0) is 10.8. The standard InChI is InChI=1S/C12H13BClN/c1-13-12(4-3-9-15(13)2)10-5-7-11(14)8-6-10/h3-9H,1-2H3. The predicted molar refractivity (Wildman–Crippen MR) is 68.0 cm³/mol. The molecule has 0 spiro atoms. The second-order valence-electron chi connectivity index (χ2n) is 3.81. The van der Waals surface area contributed by atoms with E-state index in [0.717, 1.165) is 5.02 Å². The molecule has 0 atom stereocenters. The number of allylic oxidation sites excluding steroid dienone is 2. The van der Waals surface area contributed by atoms with Crippen LogP contribution < -0.4 is 0 Å². The molecule has 0 amide bonds. The van der Waals surface area contributed by atoms with Gasteiger partial charge in [-0.15, -0.1) is 0 Å². The van der Waals surface area contributed by atoms with Crippen molar-refractivity contribution in [1.82, 2.24) is 4.81 Å². The molecule has 0 saturated heterocycles. The Morgan fingerprint density at radius 2 is 1.87 bits per heavy atom. The fourth-order valence-electron chi connectivity index (χ4n) is 1.75. The van der Waals surface area contributed by atoms with Crippen LogP contribution in [0.25, 0.3) is 5.47 Å². The summed E-state index contributed by atoms with van der Waals surface area (Å²) in [6, 6.07) is 8.00. The van der Waals surface area contributed by atoms with Crippen LogP contribution in [0.1, 0.15) is 5.56 Å². The summed E-state index contributed by atoms with van der Waals surface area (Å²) >= 11 is 5.87. The third-order valence-corrected chi connectivity index (χ3v) is 3.09. The lowest BCUT2D eigenvalue weighted by molar-refractivity contribution is 0.719. The van der Waals surface area contributed by atoms with Crippen molar-refractivity contribution in [2.75, 3.05) is 7.05 Å². The van der Waals surface area contributed by atoms with Gasteiger partial charge < -0.3 is 4.81 Å². The van der Waals surface area contributed by atoms with Gasteiger partial charge in [0.2, 0.25) is 0 Å². The zero-order valence-electron chi connectivity index (χ0n) is 8.94. The lowest BCUT2D eigenvalue weighted by Crippen LogP contribution is -2.31. The molecule has 0 bridgehead atoms. The van der Waals surface area contributed by atoms with Gasteiger partial charge in [-0.2, -0.15) is 0 Å². The molecule has 3 heteroatoms. The first kappa shape index (κ1) is 10.4. The molecule has 0 unspecified atom stereocenters. The third-order valence-electron chi connectivity index (χ3n) is 2.84. The number of hydrogen-bond acceptors (Lipinski definition) is 1. The van der Waals surface area contributed by atoms with E-state index in [-0.39, 0.29) is 0 Å². The lowest BCUT2D eigenvalue weighted by Gasteiger charge is -2.25. The number of halogens is 1. The topological polar surface area (TPSA) is 3.24 Å². The van der Waals surface area contributed by atoms with Crippen LogP contribution in [0, 0.1) is 0 Å². The predicted octanol–water partition coefficient (Wildman–Crippen LogP) is 3.34. The molecule has 0 saturated carbocycles. The van der Waals surface area contributed by atoms with Crippen LogP contribution in [0.2, 0.25) is 11.8 Å². The third kappa shape index (κ3) is 2.10. The Hall–Kier alpha value is -1.15. The van der Waals surface area contributed by atoms with E-state index in [0.29, 0.717) is 6.85 Å². The Bertz CT molecular complexity index is 408. The van der Waals surface area contributed by atoms with Gasteiger partial charge in [-0.25, -0.2) is 0 Å². The number of benzene rings is 1. The van der Waals surface area contributed by atoms with E-state index < -0.39 is 0 Å². The minimum atomic E-state index is 0.413. The van der Waals surface area contributed by atoms with Gasteiger partial charge in [-0.3, -0.25) is 0 Å². The Labute approximate surface area is 96.1 Å². The SMILES string of the molecule is CB1C(c2ccc(Cl)cc2)=CC=CN1C. The van der Waals surface area contributed by atoms with E-state index in [1.165, 1.54) is 11.0 Å². The maximum atomic E-state index is 5.87. The Kier molecular flexibility index (Phi) is 2.87. The molecule has 0 radical (unpaired) electrons. The van der Waals surface area contributed by atoms with Crippen molar-refractivity contribution in [2.24, 2.45) is 0 Å². The highest BCUT2D eigenvalue weighted by molar-refractivity contribution is 6.76. The zero-order valence-corrected chi connectivity index (χ0v) is 9.70. The molecule has 15 heavy (non-hydrogen) atoms. The van der Waals surface area contributed by atoms with Crippen molar-refractivity contribution in [3.63, 3.8) is 0 Å². The molecule has 1 aliphatic heterocycles. The fourth-order valence-corrected chi connectivity index (χ4v) is 1.88. The average Bonchev–Trinajstić information content (AvgIpc) is 2.24. The Morgan fingerprint density at radius 3 is 2.53 bits per heavy atom. The summed E-state index contributed by atoms with van der Waals surface area (Å²) in [5.74, 6) is 0. The smallest absolute Gasteiger partial charge is 0.285 e. The molecule has 0 aliphatic carbocycles. The van der Waals surface area contributed by atoms with Crippen molar-refractivity contribution in [3.05, 3.63) is 53.2 Å². The molecule has 76 valence electrons. The van der Waals surface area contributed by atoms with Crippen LogP contribution in [0.5, 0.6) is 0 Å². The Balaban J connectivity index is 2.34. The van der Waals surface area contributed by atoms with Crippen molar-refractivity contribution < 1.29 is 0 Å². The highest BCUT2D eigenvalue weighted by Crippen LogP contribution is 2.23. The molecule has 2 rings (SSSR count). The quantitative estimate of drug-likeness (QED) is 0.652. The summed E-state index contributed by atoms with van der Waals surface area (Å²) in [4.78, 5) is 2.20. The Morgan fingerprint density at radius 1 is 1.20 bits per heavy atom. The summed E-state index contributed by atoms with van der Waals surface area (Å²) < 4.78 is 0. The van der Waals surface area contributed by atoms with Gasteiger partial charge in [-0.05, 0) is 42.5 Å². The van der Waals surface area contributed by atoms with Gasteiger partial charge in [0.25, 0.3) is 6.85 Å². The normalized spacial score (nSPS) is 15.5. The lowest BCUT2D eigenvalue weighted by atomic mass is 9.53. The molecular formula is C12H13BClN. The fraction of sp³-hybridized carbons (Fsp3) is 0.167. The van der Waals surface area contributed by atoms with Crippen LogP contribution in [0.15, 0.2) is 42.6 Å². The maximum Gasteiger partial charge on any atom is 0.285 e. The average molecular weight is 218 g/mol. The molecule has 1 nitrogen and oxygen atoms in total. The summed E-state index contributed by atoms with van der Waals surface area (Å²) in [5.41, 5.74) is 2.57. The summed E-state index contributed by atoms with van der Waals surface area (Å²) in [5, 5.41) is 0.784. The van der Waals surface area contributed by atoms with E-state index >= 15 is 0 Å². The molecule has 1 heterocycles. The molecular weight excluding hydrogens is 204 g/mol. The van der Waals surface area contributed by atoms with Crippen LogP contribution in [-0.4, -0.2) is 18.7 Å². The molecule has 0 fully saturated rings. The summed E-state index contributed by atoms with van der Waals surface area (Å²) in [6.07, 6.45) is 6.32. The van der Waals surface area contributed by atoms with Gasteiger partial charge in [0.05, 0.1) is 0 Å². The highest BCUT2D eigenvalue weighted by Gasteiger charge is 2.20. The number of hydrogen-bond donors (Lipinski definition) is 0. The van der Waals surface area contributed by atoms with Gasteiger partial charge >= 0.3 is 0 Å². The minimum Gasteiger partial charge on any atom is -0.420 e. The van der Waals surface area contributed by atoms with E-state index in [2.05, 4.69) is 49.2 Å². The second kappa shape index (κ2) is 4.15. The summed E-state index contributed by atoms with van der Waals surface area (Å²) in [6.45, 7) is 2.61. The molecule has 1 aromatic rings. The van der Waals surface area contributed by atoms with Crippen LogP contribution in [0.4, 0.5) is 0 Å². The molecule has 0 aromatic heterocycles. The monoisotopic (exact) mass is 217 g/mol. The van der Waals surface area contributed by atoms with Crippen LogP contribution in [0.3, 0.4) is 0 Å². The van der Waals surface area contributed by atoms with Gasteiger partial charge in [0.1, 0.15) is 0 Å². The molecule has 1 aliphatic rings. The highest BCUT2D eigenvalue weighted by atomic mass is 35.5. The van der Waals surface area contributed by atoms with E-state index in [1.54, 1.807) is 0 Å². The van der Waals surface area contributed by atoms with Gasteiger partial charge in [-0.1, -0.05) is 36.6 Å². The molecule has 1 aromatic carbocycles. The second-order valence-corrected chi connectivity index (χ2v) is 4.25.